The largest absolute Gasteiger partial charge is 0.389 e. The quantitative estimate of drug-likeness (QED) is 0.764. The van der Waals surface area contributed by atoms with Crippen LogP contribution in [0.1, 0.15) is 47.0 Å². The van der Waals surface area contributed by atoms with Crippen molar-refractivity contribution in [3.63, 3.8) is 0 Å². The first kappa shape index (κ1) is 16.9. The van der Waals surface area contributed by atoms with Crippen molar-refractivity contribution in [2.75, 3.05) is 18.8 Å². The number of nitrogens with zero attached hydrogens (tertiary/aromatic N) is 1. The molecule has 1 aliphatic heterocycles. The third-order valence-electron chi connectivity index (χ3n) is 3.85. The Kier molecular flexibility index (Phi) is 5.79. The molecule has 0 aromatic rings. The fourth-order valence-corrected chi connectivity index (χ4v) is 3.79. The smallest absolute Gasteiger partial charge is 0.214 e. The minimum Gasteiger partial charge on any atom is -0.389 e. The first-order chi connectivity index (χ1) is 8.66. The average Bonchev–Trinajstić information content (AvgIpc) is 2.28. The summed E-state index contributed by atoms with van der Waals surface area (Å²) in [5.41, 5.74) is -0.759. The molecule has 19 heavy (non-hydrogen) atoms. The number of hydrogen-bond donors (Lipinski definition) is 2. The van der Waals surface area contributed by atoms with E-state index in [0.717, 1.165) is 12.8 Å². The van der Waals surface area contributed by atoms with E-state index in [9.17, 15) is 13.5 Å². The minimum atomic E-state index is -3.06. The van der Waals surface area contributed by atoms with E-state index >= 15 is 0 Å². The zero-order chi connectivity index (χ0) is 14.7. The molecule has 1 atom stereocenters. The summed E-state index contributed by atoms with van der Waals surface area (Å²) in [4.78, 5) is 0. The molecule has 6 heteroatoms. The predicted octanol–water partition coefficient (Wildman–Crippen LogP) is 0.940. The number of aliphatic hydroxyl groups is 1. The molecule has 1 fully saturated rings. The molecule has 0 spiro atoms. The first-order valence-electron chi connectivity index (χ1n) is 7.13. The van der Waals surface area contributed by atoms with Crippen LogP contribution in [0.3, 0.4) is 0 Å². The highest BCUT2D eigenvalue weighted by atomic mass is 32.2. The maximum atomic E-state index is 11.9. The second kappa shape index (κ2) is 6.52. The lowest BCUT2D eigenvalue weighted by atomic mass is 9.97. The van der Waals surface area contributed by atoms with Gasteiger partial charge in [-0.05, 0) is 40.0 Å². The summed E-state index contributed by atoms with van der Waals surface area (Å²) >= 11 is 0. The van der Waals surface area contributed by atoms with Crippen molar-refractivity contribution in [1.82, 2.24) is 9.62 Å². The van der Waals surface area contributed by atoms with E-state index in [-0.39, 0.29) is 17.8 Å². The lowest BCUT2D eigenvalue weighted by Crippen LogP contribution is -2.52. The van der Waals surface area contributed by atoms with E-state index < -0.39 is 15.6 Å². The number of hydrogen-bond acceptors (Lipinski definition) is 4. The van der Waals surface area contributed by atoms with Crippen LogP contribution in [0.25, 0.3) is 0 Å². The Morgan fingerprint density at radius 2 is 1.89 bits per heavy atom. The van der Waals surface area contributed by atoms with Crippen molar-refractivity contribution < 1.29 is 13.5 Å². The highest BCUT2D eigenvalue weighted by molar-refractivity contribution is 7.89. The molecule has 0 aromatic carbocycles. The number of piperidine rings is 1. The molecule has 2 N–H and O–H groups in total. The topological polar surface area (TPSA) is 69.6 Å². The Balaban J connectivity index is 2.46. The summed E-state index contributed by atoms with van der Waals surface area (Å²) in [6, 6.07) is 0.283. The molecule has 0 saturated carbocycles. The SMILES string of the molecule is CCCS(=O)(=O)N1CCC(NC(C)C(C)(C)O)CC1. The lowest BCUT2D eigenvalue weighted by Gasteiger charge is -2.36. The molecule has 0 aromatic heterocycles. The second-order valence-electron chi connectivity index (χ2n) is 6.03. The van der Waals surface area contributed by atoms with E-state index in [2.05, 4.69) is 5.32 Å². The van der Waals surface area contributed by atoms with Gasteiger partial charge in [-0.25, -0.2) is 12.7 Å². The van der Waals surface area contributed by atoms with Gasteiger partial charge in [0.15, 0.2) is 0 Å². The zero-order valence-electron chi connectivity index (χ0n) is 12.5. The van der Waals surface area contributed by atoms with E-state index in [4.69, 9.17) is 0 Å². The molecule has 0 radical (unpaired) electrons. The standard InChI is InChI=1S/C13H28N2O3S/c1-5-10-19(17,18)15-8-6-12(7-9-15)14-11(2)13(3,4)16/h11-12,14,16H,5-10H2,1-4H3. The first-order valence-corrected chi connectivity index (χ1v) is 8.74. The van der Waals surface area contributed by atoms with Crippen LogP contribution in [0.2, 0.25) is 0 Å². The normalized spacial score (nSPS) is 21.5. The molecule has 1 heterocycles. The third kappa shape index (κ3) is 5.02. The van der Waals surface area contributed by atoms with Gasteiger partial charge in [0.05, 0.1) is 11.4 Å². The van der Waals surface area contributed by atoms with Gasteiger partial charge in [-0.3, -0.25) is 0 Å². The van der Waals surface area contributed by atoms with Crippen LogP contribution < -0.4 is 5.32 Å². The van der Waals surface area contributed by atoms with Gasteiger partial charge in [-0.1, -0.05) is 6.92 Å². The molecular formula is C13H28N2O3S. The fourth-order valence-electron chi connectivity index (χ4n) is 2.25. The van der Waals surface area contributed by atoms with Gasteiger partial charge in [-0.15, -0.1) is 0 Å². The van der Waals surface area contributed by atoms with Gasteiger partial charge in [-0.2, -0.15) is 0 Å². The average molecular weight is 292 g/mol. The summed E-state index contributed by atoms with van der Waals surface area (Å²) in [5.74, 6) is 0.241. The Morgan fingerprint density at radius 3 is 2.32 bits per heavy atom. The Bertz CT molecular complexity index is 368. The third-order valence-corrected chi connectivity index (χ3v) is 5.93. The second-order valence-corrected chi connectivity index (χ2v) is 8.12. The molecule has 0 bridgehead atoms. The van der Waals surface area contributed by atoms with E-state index in [1.54, 1.807) is 18.2 Å². The van der Waals surface area contributed by atoms with Gasteiger partial charge in [0.1, 0.15) is 0 Å². The Hall–Kier alpha value is -0.170. The number of nitrogens with one attached hydrogen (secondary N) is 1. The summed E-state index contributed by atoms with van der Waals surface area (Å²) in [6.45, 7) is 8.57. The molecular weight excluding hydrogens is 264 g/mol. The molecule has 1 unspecified atom stereocenters. The highest BCUT2D eigenvalue weighted by Gasteiger charge is 2.30. The fraction of sp³-hybridized carbons (Fsp3) is 1.00. The Labute approximate surface area is 117 Å². The summed E-state index contributed by atoms with van der Waals surface area (Å²) < 4.78 is 25.5. The van der Waals surface area contributed by atoms with Crippen molar-refractivity contribution in [1.29, 1.82) is 0 Å². The lowest BCUT2D eigenvalue weighted by molar-refractivity contribution is 0.0370. The number of rotatable bonds is 6. The van der Waals surface area contributed by atoms with E-state index in [0.29, 0.717) is 19.5 Å². The monoisotopic (exact) mass is 292 g/mol. The Morgan fingerprint density at radius 1 is 1.37 bits per heavy atom. The van der Waals surface area contributed by atoms with Crippen LogP contribution in [0.5, 0.6) is 0 Å². The van der Waals surface area contributed by atoms with Crippen LogP contribution in [0, 0.1) is 0 Å². The van der Waals surface area contributed by atoms with Crippen molar-refractivity contribution in [3.8, 4) is 0 Å². The maximum absolute atomic E-state index is 11.9. The highest BCUT2D eigenvalue weighted by Crippen LogP contribution is 2.17. The van der Waals surface area contributed by atoms with Crippen molar-refractivity contribution in [2.45, 2.75) is 64.6 Å². The van der Waals surface area contributed by atoms with Crippen molar-refractivity contribution >= 4 is 10.0 Å². The van der Waals surface area contributed by atoms with Gasteiger partial charge in [0.2, 0.25) is 10.0 Å². The van der Waals surface area contributed by atoms with Crippen molar-refractivity contribution in [2.24, 2.45) is 0 Å². The summed E-state index contributed by atoms with van der Waals surface area (Å²) in [7, 11) is -3.06. The minimum absolute atomic E-state index is 0.00343. The van der Waals surface area contributed by atoms with Crippen LogP contribution in [-0.2, 0) is 10.0 Å². The molecule has 0 amide bonds. The predicted molar refractivity (Wildman–Crippen MR) is 77.6 cm³/mol. The molecule has 0 aliphatic carbocycles. The van der Waals surface area contributed by atoms with Gasteiger partial charge >= 0.3 is 0 Å². The molecule has 1 saturated heterocycles. The van der Waals surface area contributed by atoms with Crippen molar-refractivity contribution in [3.05, 3.63) is 0 Å². The summed E-state index contributed by atoms with van der Waals surface area (Å²) in [5, 5.41) is 13.3. The molecule has 114 valence electrons. The van der Waals surface area contributed by atoms with E-state index in [1.807, 2.05) is 13.8 Å². The van der Waals surface area contributed by atoms with Crippen LogP contribution in [0.4, 0.5) is 0 Å². The molecule has 1 aliphatic rings. The van der Waals surface area contributed by atoms with Crippen LogP contribution in [0.15, 0.2) is 0 Å². The van der Waals surface area contributed by atoms with Gasteiger partial charge in [0, 0.05) is 25.2 Å². The van der Waals surface area contributed by atoms with Crippen LogP contribution in [-0.4, -0.2) is 54.4 Å². The molecule has 5 nitrogen and oxygen atoms in total. The zero-order valence-corrected chi connectivity index (χ0v) is 13.3. The van der Waals surface area contributed by atoms with Gasteiger partial charge in [0.25, 0.3) is 0 Å². The summed E-state index contributed by atoms with van der Waals surface area (Å²) in [6.07, 6.45) is 2.28. The number of sulfonamides is 1. The van der Waals surface area contributed by atoms with Gasteiger partial charge < -0.3 is 10.4 Å². The van der Waals surface area contributed by atoms with Crippen LogP contribution >= 0.6 is 0 Å². The maximum Gasteiger partial charge on any atom is 0.214 e. The van der Waals surface area contributed by atoms with E-state index in [1.165, 1.54) is 0 Å². The molecule has 1 rings (SSSR count).